The quantitative estimate of drug-likeness (QED) is 0.337. The van der Waals surface area contributed by atoms with Crippen LogP contribution in [0.5, 0.6) is 0 Å². The summed E-state index contributed by atoms with van der Waals surface area (Å²) in [5.41, 5.74) is -0.460. The Hall–Kier alpha value is -0.530. The summed E-state index contributed by atoms with van der Waals surface area (Å²) in [5.74, 6) is 0.0477. The minimum absolute atomic E-state index is 0.460. The largest absolute Gasteiger partial charge is 0.481 e. The van der Waals surface area contributed by atoms with Crippen LogP contribution in [-0.2, 0) is 4.79 Å². The van der Waals surface area contributed by atoms with Crippen molar-refractivity contribution in [3.8, 4) is 0 Å². The van der Waals surface area contributed by atoms with Crippen LogP contribution in [0.3, 0.4) is 0 Å². The Morgan fingerprint density at radius 1 is 0.864 bits per heavy atom. The third-order valence-electron chi connectivity index (χ3n) is 5.19. The van der Waals surface area contributed by atoms with Crippen molar-refractivity contribution in [1.82, 2.24) is 0 Å². The second-order valence-electron chi connectivity index (χ2n) is 7.12. The zero-order valence-corrected chi connectivity index (χ0v) is 15.6. The van der Waals surface area contributed by atoms with Gasteiger partial charge in [-0.2, -0.15) is 0 Å². The lowest BCUT2D eigenvalue weighted by molar-refractivity contribution is -0.151. The summed E-state index contributed by atoms with van der Waals surface area (Å²) in [6.45, 7) is 8.82. The molecular formula is C20H40O2. The Kier molecular flexibility index (Phi) is 12.6. The summed E-state index contributed by atoms with van der Waals surface area (Å²) in [6.07, 6.45) is 14.2. The number of hydrogen-bond acceptors (Lipinski definition) is 1. The van der Waals surface area contributed by atoms with Gasteiger partial charge in [-0.25, -0.2) is 0 Å². The molecular weight excluding hydrogens is 272 g/mol. The summed E-state index contributed by atoms with van der Waals surface area (Å²) in [7, 11) is 0. The normalized spacial score (nSPS) is 15.5. The molecule has 0 rings (SSSR count). The van der Waals surface area contributed by atoms with E-state index in [0.717, 1.165) is 44.9 Å². The van der Waals surface area contributed by atoms with E-state index in [2.05, 4.69) is 27.7 Å². The second kappa shape index (κ2) is 13.0. The highest BCUT2D eigenvalue weighted by Gasteiger charge is 2.38. The molecule has 0 aromatic rings. The lowest BCUT2D eigenvalue weighted by Crippen LogP contribution is -2.33. The van der Waals surface area contributed by atoms with Gasteiger partial charge in [0.1, 0.15) is 0 Å². The van der Waals surface area contributed by atoms with E-state index in [4.69, 9.17) is 0 Å². The van der Waals surface area contributed by atoms with Crippen molar-refractivity contribution < 1.29 is 9.90 Å². The molecule has 0 aromatic carbocycles. The molecule has 0 aliphatic rings. The molecule has 132 valence electrons. The molecule has 0 radical (unpaired) electrons. The lowest BCUT2D eigenvalue weighted by atomic mass is 9.70. The van der Waals surface area contributed by atoms with Crippen molar-refractivity contribution >= 4 is 5.97 Å². The maximum Gasteiger partial charge on any atom is 0.309 e. The first-order valence-electron chi connectivity index (χ1n) is 9.79. The van der Waals surface area contributed by atoms with Gasteiger partial charge < -0.3 is 5.11 Å². The minimum atomic E-state index is -0.535. The fraction of sp³-hybridized carbons (Fsp3) is 0.950. The number of hydrogen-bond donors (Lipinski definition) is 1. The summed E-state index contributed by atoms with van der Waals surface area (Å²) in [5, 5.41) is 9.98. The van der Waals surface area contributed by atoms with E-state index >= 15 is 0 Å². The second-order valence-corrected chi connectivity index (χ2v) is 7.12. The SMILES string of the molecule is CCCCCCC(CCCC)(CC(CC)CCCC)C(=O)O. The van der Waals surface area contributed by atoms with Crippen molar-refractivity contribution in [3.05, 3.63) is 0 Å². The standard InChI is InChI=1S/C20H40O2/c1-5-9-12-13-16-20(19(21)22,15-11-7-3)17-18(8-4)14-10-6-2/h18H,5-17H2,1-4H3,(H,21,22). The van der Waals surface area contributed by atoms with Crippen LogP contribution >= 0.6 is 0 Å². The van der Waals surface area contributed by atoms with Crippen LogP contribution in [0.25, 0.3) is 0 Å². The van der Waals surface area contributed by atoms with E-state index in [1.54, 1.807) is 0 Å². The van der Waals surface area contributed by atoms with Gasteiger partial charge in [0.2, 0.25) is 0 Å². The van der Waals surface area contributed by atoms with Crippen molar-refractivity contribution in [2.24, 2.45) is 11.3 Å². The zero-order valence-electron chi connectivity index (χ0n) is 15.6. The fourth-order valence-corrected chi connectivity index (χ4v) is 3.53. The van der Waals surface area contributed by atoms with E-state index in [9.17, 15) is 9.90 Å². The molecule has 22 heavy (non-hydrogen) atoms. The predicted molar refractivity (Wildman–Crippen MR) is 96.3 cm³/mol. The van der Waals surface area contributed by atoms with Crippen molar-refractivity contribution in [3.63, 3.8) is 0 Å². The molecule has 0 spiro atoms. The van der Waals surface area contributed by atoms with Crippen LogP contribution < -0.4 is 0 Å². The summed E-state index contributed by atoms with van der Waals surface area (Å²) in [4.78, 5) is 12.1. The van der Waals surface area contributed by atoms with E-state index in [1.807, 2.05) is 0 Å². The highest BCUT2D eigenvalue weighted by molar-refractivity contribution is 5.74. The highest BCUT2D eigenvalue weighted by atomic mass is 16.4. The summed E-state index contributed by atoms with van der Waals surface area (Å²) >= 11 is 0. The average Bonchev–Trinajstić information content (AvgIpc) is 2.52. The molecule has 2 atom stereocenters. The molecule has 0 aromatic heterocycles. The third-order valence-corrected chi connectivity index (χ3v) is 5.19. The van der Waals surface area contributed by atoms with Gasteiger partial charge in [0.05, 0.1) is 5.41 Å². The van der Waals surface area contributed by atoms with E-state index in [-0.39, 0.29) is 0 Å². The Labute approximate surface area is 139 Å². The van der Waals surface area contributed by atoms with Crippen molar-refractivity contribution in [2.75, 3.05) is 0 Å². The molecule has 1 N–H and O–H groups in total. The van der Waals surface area contributed by atoms with Crippen LogP contribution in [0.1, 0.15) is 111 Å². The zero-order chi connectivity index (χ0) is 16.8. The van der Waals surface area contributed by atoms with Gasteiger partial charge in [0.25, 0.3) is 0 Å². The van der Waals surface area contributed by atoms with Crippen molar-refractivity contribution in [1.29, 1.82) is 0 Å². The maximum absolute atomic E-state index is 12.1. The highest BCUT2D eigenvalue weighted by Crippen LogP contribution is 2.40. The van der Waals surface area contributed by atoms with Crippen molar-refractivity contribution in [2.45, 2.75) is 111 Å². The number of carbonyl (C=O) groups is 1. The van der Waals surface area contributed by atoms with E-state index < -0.39 is 11.4 Å². The predicted octanol–water partition coefficient (Wildman–Crippen LogP) is 6.82. The van der Waals surface area contributed by atoms with Crippen LogP contribution in [0.4, 0.5) is 0 Å². The van der Waals surface area contributed by atoms with E-state index in [0.29, 0.717) is 5.92 Å². The first kappa shape index (κ1) is 21.5. The molecule has 0 amide bonds. The molecule has 2 nitrogen and oxygen atoms in total. The van der Waals surface area contributed by atoms with Gasteiger partial charge in [-0.15, -0.1) is 0 Å². The molecule has 0 saturated heterocycles. The maximum atomic E-state index is 12.1. The number of unbranched alkanes of at least 4 members (excludes halogenated alkanes) is 5. The van der Waals surface area contributed by atoms with Gasteiger partial charge in [-0.3, -0.25) is 4.79 Å². The molecule has 0 fully saturated rings. The Bertz CT molecular complexity index is 275. The number of rotatable bonds is 15. The Morgan fingerprint density at radius 3 is 1.95 bits per heavy atom. The lowest BCUT2D eigenvalue weighted by Gasteiger charge is -2.33. The monoisotopic (exact) mass is 312 g/mol. The van der Waals surface area contributed by atoms with Crippen LogP contribution in [0, 0.1) is 11.3 Å². The fourth-order valence-electron chi connectivity index (χ4n) is 3.53. The third kappa shape index (κ3) is 8.19. The number of carboxylic acids is 1. The van der Waals surface area contributed by atoms with Gasteiger partial charge in [-0.05, 0) is 25.2 Å². The van der Waals surface area contributed by atoms with Gasteiger partial charge >= 0.3 is 5.97 Å². The molecule has 0 bridgehead atoms. The first-order chi connectivity index (χ1) is 10.6. The molecule has 0 heterocycles. The number of aliphatic carboxylic acids is 1. The number of carboxylic acid groups (broad SMARTS) is 1. The van der Waals surface area contributed by atoms with Crippen LogP contribution in [0.15, 0.2) is 0 Å². The molecule has 0 aliphatic carbocycles. The van der Waals surface area contributed by atoms with Crippen LogP contribution in [0.2, 0.25) is 0 Å². The molecule has 2 heteroatoms. The smallest absolute Gasteiger partial charge is 0.309 e. The average molecular weight is 313 g/mol. The first-order valence-corrected chi connectivity index (χ1v) is 9.79. The molecule has 0 aliphatic heterocycles. The summed E-state index contributed by atoms with van der Waals surface area (Å²) < 4.78 is 0. The Balaban J connectivity index is 4.86. The van der Waals surface area contributed by atoms with Crippen LogP contribution in [-0.4, -0.2) is 11.1 Å². The molecule has 2 unspecified atom stereocenters. The van der Waals surface area contributed by atoms with Gasteiger partial charge in [0.15, 0.2) is 0 Å². The van der Waals surface area contributed by atoms with Gasteiger partial charge in [-0.1, -0.05) is 91.9 Å². The minimum Gasteiger partial charge on any atom is -0.481 e. The topological polar surface area (TPSA) is 37.3 Å². The molecule has 0 saturated carbocycles. The van der Waals surface area contributed by atoms with Gasteiger partial charge in [0, 0.05) is 0 Å². The van der Waals surface area contributed by atoms with E-state index in [1.165, 1.54) is 38.5 Å². The summed E-state index contributed by atoms with van der Waals surface area (Å²) in [6, 6.07) is 0. The Morgan fingerprint density at radius 2 is 1.45 bits per heavy atom.